The molecule has 6 rings (SSSR count). The molecule has 5 heteroatoms. The number of allylic oxidation sites excluding steroid dienone is 4. The standard InChI is InChI=1S/C37H61OS2Si.W/c1-21-17-27-28-18-22(2)40-34(28)35(33(27)39-21)41(10,11)31-16-15-25-24(13-12-14-26(25)31)23-19-29(36(3,4)5)32(38-9)30(20-23)37(6,7)8;/h16-18,23-35H,12-15,19-20H2,1-11H3;/q-1;. The van der Waals surface area contributed by atoms with Gasteiger partial charge in [0.2, 0.25) is 0 Å². The minimum Gasteiger partial charge on any atom is -0.381 e. The van der Waals surface area contributed by atoms with Gasteiger partial charge in [0.15, 0.2) is 0 Å². The van der Waals surface area contributed by atoms with Gasteiger partial charge in [0.05, 0.1) is 6.10 Å². The number of methoxy groups -OCH3 is 1. The molecule has 10 atom stereocenters. The zero-order chi connectivity index (χ0) is 29.6. The third kappa shape index (κ3) is 5.85. The van der Waals surface area contributed by atoms with E-state index in [0.29, 0.717) is 28.8 Å². The zero-order valence-corrected chi connectivity index (χ0v) is 34.2. The summed E-state index contributed by atoms with van der Waals surface area (Å²) in [7, 11) is 0.457. The minimum atomic E-state index is -1.54. The van der Waals surface area contributed by atoms with E-state index in [-0.39, 0.29) is 21.1 Å². The van der Waals surface area contributed by atoms with Gasteiger partial charge in [-0.3, -0.25) is 0 Å². The number of rotatable bonds is 4. The van der Waals surface area contributed by atoms with Crippen molar-refractivity contribution in [2.24, 2.45) is 58.2 Å². The van der Waals surface area contributed by atoms with Crippen LogP contribution in [0.3, 0.4) is 0 Å². The average Bonchev–Trinajstić information content (AvgIpc) is 3.62. The molecule has 6 aliphatic rings. The molecule has 4 aliphatic carbocycles. The second-order valence-corrected chi connectivity index (χ2v) is 25.8. The number of hydrogen-bond acceptors (Lipinski definition) is 3. The van der Waals surface area contributed by atoms with Gasteiger partial charge in [-0.05, 0) is 94.8 Å². The van der Waals surface area contributed by atoms with E-state index in [1.807, 2.05) is 7.11 Å². The van der Waals surface area contributed by atoms with Crippen LogP contribution in [0.5, 0.6) is 0 Å². The quantitative estimate of drug-likeness (QED) is 0.207. The van der Waals surface area contributed by atoms with Gasteiger partial charge in [-0.2, -0.15) is 12.0 Å². The summed E-state index contributed by atoms with van der Waals surface area (Å²) in [5.74, 6) is 6.58. The molecule has 0 bridgehead atoms. The van der Waals surface area contributed by atoms with Crippen molar-refractivity contribution in [2.45, 2.75) is 135 Å². The fraction of sp³-hybridized carbons (Fsp3) is 0.865. The molecule has 0 aromatic rings. The summed E-state index contributed by atoms with van der Waals surface area (Å²) < 4.78 is 6.38. The fourth-order valence-corrected chi connectivity index (χ4v) is 21.9. The van der Waals surface area contributed by atoms with E-state index >= 15 is 0 Å². The van der Waals surface area contributed by atoms with Crippen LogP contribution in [0.1, 0.15) is 93.9 Å². The summed E-state index contributed by atoms with van der Waals surface area (Å²) in [5.41, 5.74) is 2.43. The van der Waals surface area contributed by atoms with Gasteiger partial charge < -0.3 is 11.2 Å². The van der Waals surface area contributed by atoms with Crippen LogP contribution < -0.4 is 0 Å². The van der Waals surface area contributed by atoms with Crippen molar-refractivity contribution in [3.8, 4) is 0 Å². The Morgan fingerprint density at radius 2 is 1.31 bits per heavy atom. The van der Waals surface area contributed by atoms with E-state index in [1.165, 1.54) is 38.5 Å². The Kier molecular flexibility index (Phi) is 10.0. The van der Waals surface area contributed by atoms with Gasteiger partial charge in [0.25, 0.3) is 0 Å². The summed E-state index contributed by atoms with van der Waals surface area (Å²) in [6, 6.07) is 0. The van der Waals surface area contributed by atoms with E-state index in [4.69, 9.17) is 4.74 Å². The maximum absolute atomic E-state index is 6.38. The van der Waals surface area contributed by atoms with Crippen LogP contribution >= 0.6 is 23.5 Å². The minimum absolute atomic E-state index is 0. The van der Waals surface area contributed by atoms with Gasteiger partial charge >= 0.3 is 0 Å². The molecule has 4 saturated carbocycles. The summed E-state index contributed by atoms with van der Waals surface area (Å²) in [6.07, 6.45) is 17.3. The molecule has 0 amide bonds. The molecule has 238 valence electrons. The van der Waals surface area contributed by atoms with Crippen molar-refractivity contribution >= 4 is 31.6 Å². The Hall–Kier alpha value is 1.05. The number of fused-ring (bicyclic) bond motifs is 4. The van der Waals surface area contributed by atoms with Crippen molar-refractivity contribution in [3.63, 3.8) is 0 Å². The van der Waals surface area contributed by atoms with E-state index in [2.05, 4.69) is 111 Å². The van der Waals surface area contributed by atoms with Gasteiger partial charge in [-0.1, -0.05) is 91.5 Å². The molecule has 0 radical (unpaired) electrons. The molecule has 2 heterocycles. The molecule has 0 N–H and O–H groups in total. The molecule has 0 aromatic heterocycles. The second kappa shape index (κ2) is 12.2. The van der Waals surface area contributed by atoms with Gasteiger partial charge in [-0.25, -0.2) is 0 Å². The van der Waals surface area contributed by atoms with Gasteiger partial charge in [0.1, 0.15) is 0 Å². The number of thioether (sulfide) groups is 2. The largest absolute Gasteiger partial charge is 0.381 e. The van der Waals surface area contributed by atoms with Crippen LogP contribution in [-0.4, -0.2) is 31.8 Å². The summed E-state index contributed by atoms with van der Waals surface area (Å²) in [6.45, 7) is 25.4. The van der Waals surface area contributed by atoms with Gasteiger partial charge in [-0.15, -0.1) is 23.5 Å². The van der Waals surface area contributed by atoms with Crippen molar-refractivity contribution < 1.29 is 25.8 Å². The molecule has 10 unspecified atom stereocenters. The van der Waals surface area contributed by atoms with Crippen molar-refractivity contribution in [3.05, 3.63) is 28.4 Å². The first-order valence-electron chi connectivity index (χ1n) is 17.2. The maximum atomic E-state index is 6.38. The fourth-order valence-electron chi connectivity index (χ4n) is 11.7. The molecular formula is C37H61OS2SiW-. The Morgan fingerprint density at radius 1 is 0.810 bits per heavy atom. The van der Waals surface area contributed by atoms with E-state index in [1.54, 1.807) is 9.81 Å². The van der Waals surface area contributed by atoms with E-state index in [0.717, 1.165) is 57.1 Å². The maximum Gasteiger partial charge on any atom is 0.0637 e. The molecule has 0 saturated heterocycles. The van der Waals surface area contributed by atoms with Crippen LogP contribution in [0.15, 0.2) is 22.0 Å². The summed E-state index contributed by atoms with van der Waals surface area (Å²) >= 11 is 4.55. The summed E-state index contributed by atoms with van der Waals surface area (Å²) in [4.78, 5) is 3.21. The third-order valence-corrected chi connectivity index (χ3v) is 21.5. The third-order valence-electron chi connectivity index (χ3n) is 13.4. The smallest absolute Gasteiger partial charge is 0.0637 e. The van der Waals surface area contributed by atoms with Crippen LogP contribution in [0.25, 0.3) is 0 Å². The predicted molar refractivity (Wildman–Crippen MR) is 185 cm³/mol. The SMILES string of the molecule is COC1C(C(C)(C)C)CC(C2CCCC3C2C[CH-]C3[Si](C)(C)C2C3SC(C)=CC3C3C=C(C)SC32)CC1C(C)(C)C.[W]. The molecular weight excluding hydrogens is 736 g/mol. The Bertz CT molecular complexity index is 999. The first-order chi connectivity index (χ1) is 19.1. The van der Waals surface area contributed by atoms with Crippen molar-refractivity contribution in [2.75, 3.05) is 7.11 Å². The van der Waals surface area contributed by atoms with Crippen molar-refractivity contribution in [1.82, 2.24) is 0 Å². The van der Waals surface area contributed by atoms with Crippen molar-refractivity contribution in [1.29, 1.82) is 0 Å². The molecule has 0 aromatic carbocycles. The topological polar surface area (TPSA) is 9.23 Å². The molecule has 2 aliphatic heterocycles. The Labute approximate surface area is 284 Å². The number of ether oxygens (including phenoxy) is 1. The van der Waals surface area contributed by atoms with Gasteiger partial charge in [0, 0.05) is 46.7 Å². The first-order valence-corrected chi connectivity index (χ1v) is 22.1. The summed E-state index contributed by atoms with van der Waals surface area (Å²) in [5, 5.41) is 1.69. The molecule has 42 heavy (non-hydrogen) atoms. The molecule has 1 nitrogen and oxygen atoms in total. The molecule has 4 fully saturated rings. The average molecular weight is 798 g/mol. The Morgan fingerprint density at radius 3 is 1.79 bits per heavy atom. The van der Waals surface area contributed by atoms with E-state index in [9.17, 15) is 0 Å². The van der Waals surface area contributed by atoms with Crippen LogP contribution in [0.2, 0.25) is 24.2 Å². The normalized spacial score (nSPS) is 45.5. The Balaban J connectivity index is 0.00000353. The van der Waals surface area contributed by atoms with Crippen LogP contribution in [0.4, 0.5) is 0 Å². The number of hydrogen-bond donors (Lipinski definition) is 0. The van der Waals surface area contributed by atoms with Crippen LogP contribution in [-0.2, 0) is 25.8 Å². The van der Waals surface area contributed by atoms with E-state index < -0.39 is 8.07 Å². The molecule has 0 spiro atoms. The zero-order valence-electron chi connectivity index (χ0n) is 28.6. The van der Waals surface area contributed by atoms with Crippen LogP contribution in [0, 0.1) is 64.6 Å². The monoisotopic (exact) mass is 797 g/mol. The second-order valence-electron chi connectivity index (χ2n) is 18.0. The first kappa shape index (κ1) is 34.4. The predicted octanol–water partition coefficient (Wildman–Crippen LogP) is 11.1.